The molecule has 2 aliphatic heterocycles. The third kappa shape index (κ3) is 4.09. The highest BCUT2D eigenvalue weighted by molar-refractivity contribution is 5.85. The van der Waals surface area contributed by atoms with Crippen molar-refractivity contribution in [2.24, 2.45) is 5.92 Å². The first-order valence-electron chi connectivity index (χ1n) is 7.66. The molecule has 2 heterocycles. The number of ether oxygens (including phenoxy) is 1. The van der Waals surface area contributed by atoms with Gasteiger partial charge in [-0.05, 0) is 17.6 Å². The maximum atomic E-state index is 12.5. The first-order chi connectivity index (χ1) is 10.3. The van der Waals surface area contributed by atoms with Gasteiger partial charge >= 0.3 is 0 Å². The Kier molecular flexibility index (Phi) is 6.43. The number of nitrogens with one attached hydrogen (secondary N) is 1. The van der Waals surface area contributed by atoms with E-state index in [9.17, 15) is 4.79 Å². The van der Waals surface area contributed by atoms with Gasteiger partial charge in [0.2, 0.25) is 5.91 Å². The predicted octanol–water partition coefficient (Wildman–Crippen LogP) is 1.96. The highest BCUT2D eigenvalue weighted by Crippen LogP contribution is 2.22. The Morgan fingerprint density at radius 2 is 2.09 bits per heavy atom. The van der Waals surface area contributed by atoms with Crippen LogP contribution in [-0.4, -0.2) is 50.2 Å². The van der Waals surface area contributed by atoms with Crippen LogP contribution in [0.4, 0.5) is 0 Å². The van der Waals surface area contributed by atoms with E-state index < -0.39 is 0 Å². The minimum Gasteiger partial charge on any atom is -0.379 e. The standard InChI is InChI=1S/C17H22N2O2.ClH/c20-17(16-12-18-8-11-21-13-16)19-9-6-15(7-10-19)14-4-2-1-3-5-14;/h1-6,16,18H,7-13H2;1H. The van der Waals surface area contributed by atoms with Gasteiger partial charge in [0.05, 0.1) is 19.1 Å². The fraction of sp³-hybridized carbons (Fsp3) is 0.471. The van der Waals surface area contributed by atoms with Crippen molar-refractivity contribution in [3.05, 3.63) is 42.0 Å². The van der Waals surface area contributed by atoms with Gasteiger partial charge in [0.25, 0.3) is 0 Å². The smallest absolute Gasteiger partial charge is 0.229 e. The van der Waals surface area contributed by atoms with E-state index in [2.05, 4.69) is 35.7 Å². The molecule has 1 fully saturated rings. The van der Waals surface area contributed by atoms with Gasteiger partial charge in [-0.15, -0.1) is 12.4 Å². The molecule has 0 aromatic heterocycles. The van der Waals surface area contributed by atoms with Crippen molar-refractivity contribution >= 4 is 23.9 Å². The lowest BCUT2D eigenvalue weighted by Gasteiger charge is -2.29. The summed E-state index contributed by atoms with van der Waals surface area (Å²) in [4.78, 5) is 14.5. The number of hydrogen-bond acceptors (Lipinski definition) is 3. The average molecular weight is 323 g/mol. The third-order valence-electron chi connectivity index (χ3n) is 4.15. The van der Waals surface area contributed by atoms with E-state index >= 15 is 0 Å². The molecule has 1 N–H and O–H groups in total. The highest BCUT2D eigenvalue weighted by atomic mass is 35.5. The van der Waals surface area contributed by atoms with Crippen molar-refractivity contribution < 1.29 is 9.53 Å². The zero-order chi connectivity index (χ0) is 14.5. The molecule has 0 saturated carbocycles. The predicted molar refractivity (Wildman–Crippen MR) is 90.0 cm³/mol. The van der Waals surface area contributed by atoms with E-state index in [1.165, 1.54) is 11.1 Å². The maximum absolute atomic E-state index is 12.5. The normalized spacial score (nSPS) is 22.3. The van der Waals surface area contributed by atoms with E-state index in [4.69, 9.17) is 4.74 Å². The topological polar surface area (TPSA) is 41.6 Å². The SMILES string of the molecule is Cl.O=C(C1CNCCOC1)N1CC=C(c2ccccc2)CC1. The molecule has 1 unspecified atom stereocenters. The molecular weight excluding hydrogens is 300 g/mol. The van der Waals surface area contributed by atoms with Crippen molar-refractivity contribution in [2.45, 2.75) is 6.42 Å². The summed E-state index contributed by atoms with van der Waals surface area (Å²) >= 11 is 0. The third-order valence-corrected chi connectivity index (χ3v) is 4.15. The fourth-order valence-corrected chi connectivity index (χ4v) is 2.91. The van der Waals surface area contributed by atoms with Gasteiger partial charge in [-0.2, -0.15) is 0 Å². The molecule has 1 aromatic carbocycles. The van der Waals surface area contributed by atoms with Crippen LogP contribution in [0.1, 0.15) is 12.0 Å². The molecule has 120 valence electrons. The highest BCUT2D eigenvalue weighted by Gasteiger charge is 2.26. The Labute approximate surface area is 137 Å². The summed E-state index contributed by atoms with van der Waals surface area (Å²) in [5, 5.41) is 3.26. The second-order valence-electron chi connectivity index (χ2n) is 5.61. The lowest BCUT2D eigenvalue weighted by atomic mass is 9.98. The monoisotopic (exact) mass is 322 g/mol. The Balaban J connectivity index is 0.00000176. The summed E-state index contributed by atoms with van der Waals surface area (Å²) in [7, 11) is 0. The van der Waals surface area contributed by atoms with Gasteiger partial charge in [0.1, 0.15) is 0 Å². The Morgan fingerprint density at radius 1 is 1.27 bits per heavy atom. The number of benzene rings is 1. The number of halogens is 1. The van der Waals surface area contributed by atoms with Gasteiger partial charge < -0.3 is 15.0 Å². The molecular formula is C17H23ClN2O2. The van der Waals surface area contributed by atoms with Crippen LogP contribution in [-0.2, 0) is 9.53 Å². The number of carbonyl (C=O) groups is 1. The molecule has 0 spiro atoms. The summed E-state index contributed by atoms with van der Waals surface area (Å²) < 4.78 is 5.48. The Hall–Kier alpha value is -1.36. The van der Waals surface area contributed by atoms with E-state index in [1.807, 2.05) is 11.0 Å². The van der Waals surface area contributed by atoms with E-state index in [0.29, 0.717) is 19.8 Å². The molecule has 1 aromatic rings. The van der Waals surface area contributed by atoms with Crippen LogP contribution < -0.4 is 5.32 Å². The maximum Gasteiger partial charge on any atom is 0.229 e. The van der Waals surface area contributed by atoms with Gasteiger partial charge in [-0.1, -0.05) is 36.4 Å². The van der Waals surface area contributed by atoms with E-state index in [0.717, 1.165) is 26.1 Å². The number of hydrogen-bond donors (Lipinski definition) is 1. The first-order valence-corrected chi connectivity index (χ1v) is 7.66. The molecule has 0 bridgehead atoms. The molecule has 0 radical (unpaired) electrons. The van der Waals surface area contributed by atoms with Crippen molar-refractivity contribution in [3.8, 4) is 0 Å². The Bertz CT molecular complexity index is 511. The minimum absolute atomic E-state index is 0. The molecule has 2 aliphatic rings. The van der Waals surface area contributed by atoms with Crippen LogP contribution in [0.15, 0.2) is 36.4 Å². The number of carbonyl (C=O) groups excluding carboxylic acids is 1. The van der Waals surface area contributed by atoms with Gasteiger partial charge in [0.15, 0.2) is 0 Å². The number of amides is 1. The molecule has 1 amide bonds. The summed E-state index contributed by atoms with van der Waals surface area (Å²) in [5.41, 5.74) is 2.61. The van der Waals surface area contributed by atoms with E-state index in [-0.39, 0.29) is 24.2 Å². The van der Waals surface area contributed by atoms with Crippen LogP contribution in [0.2, 0.25) is 0 Å². The van der Waals surface area contributed by atoms with Crippen molar-refractivity contribution in [3.63, 3.8) is 0 Å². The average Bonchev–Trinajstić information content (AvgIpc) is 2.84. The van der Waals surface area contributed by atoms with Crippen LogP contribution in [0, 0.1) is 5.92 Å². The van der Waals surface area contributed by atoms with Crippen molar-refractivity contribution in [2.75, 3.05) is 39.4 Å². The molecule has 1 atom stereocenters. The molecule has 5 heteroatoms. The van der Waals surface area contributed by atoms with Gasteiger partial charge in [-0.25, -0.2) is 0 Å². The fourth-order valence-electron chi connectivity index (χ4n) is 2.91. The molecule has 3 rings (SSSR count). The second kappa shape index (κ2) is 8.32. The largest absolute Gasteiger partial charge is 0.379 e. The number of nitrogens with zero attached hydrogens (tertiary/aromatic N) is 1. The summed E-state index contributed by atoms with van der Waals surface area (Å²) in [6, 6.07) is 10.4. The molecule has 22 heavy (non-hydrogen) atoms. The minimum atomic E-state index is -0.0424. The van der Waals surface area contributed by atoms with Crippen LogP contribution in [0.25, 0.3) is 5.57 Å². The number of rotatable bonds is 2. The van der Waals surface area contributed by atoms with Crippen molar-refractivity contribution in [1.82, 2.24) is 10.2 Å². The lowest BCUT2D eigenvalue weighted by Crippen LogP contribution is -2.43. The molecule has 1 saturated heterocycles. The molecule has 0 aliphatic carbocycles. The van der Waals surface area contributed by atoms with Crippen molar-refractivity contribution in [1.29, 1.82) is 0 Å². The van der Waals surface area contributed by atoms with Crippen LogP contribution >= 0.6 is 12.4 Å². The van der Waals surface area contributed by atoms with Gasteiger partial charge in [-0.3, -0.25) is 4.79 Å². The summed E-state index contributed by atoms with van der Waals surface area (Å²) in [6.07, 6.45) is 3.11. The zero-order valence-corrected chi connectivity index (χ0v) is 13.5. The van der Waals surface area contributed by atoms with Gasteiger partial charge in [0, 0.05) is 26.2 Å². The Morgan fingerprint density at radius 3 is 2.82 bits per heavy atom. The zero-order valence-electron chi connectivity index (χ0n) is 12.7. The van der Waals surface area contributed by atoms with Crippen LogP contribution in [0.5, 0.6) is 0 Å². The quantitative estimate of drug-likeness (QED) is 0.905. The second-order valence-corrected chi connectivity index (χ2v) is 5.61. The van der Waals surface area contributed by atoms with Crippen LogP contribution in [0.3, 0.4) is 0 Å². The summed E-state index contributed by atoms with van der Waals surface area (Å²) in [6.45, 7) is 4.31. The van der Waals surface area contributed by atoms with E-state index in [1.54, 1.807) is 0 Å². The lowest BCUT2D eigenvalue weighted by molar-refractivity contribution is -0.136. The molecule has 4 nitrogen and oxygen atoms in total. The first kappa shape index (κ1) is 17.0. The summed E-state index contributed by atoms with van der Waals surface area (Å²) in [5.74, 6) is 0.173.